The standard InChI is InChI=1S/C33H29ClN8O4S2/c1-48(45,46)42(32(43)27(35)19-47)31-33(44)40(28-17-16-23(34)18-26(28)29(36-31)22-12-6-3-7-13-22)20-41-30(37-38-39-41)25-15-9-8-14-24(25)21-10-4-2-5-11-21/h2-18,27,31,47H,19-20,35H2,1H3. The molecular weight excluding hydrogens is 672 g/mol. The third kappa shape index (κ3) is 6.47. The van der Waals surface area contributed by atoms with Crippen LogP contribution in [0.2, 0.25) is 5.02 Å². The highest BCUT2D eigenvalue weighted by Gasteiger charge is 2.43. The number of anilines is 1. The summed E-state index contributed by atoms with van der Waals surface area (Å²) in [4.78, 5) is 34.2. The number of carbonyl (C=O) groups excluding carboxylic acids is 2. The molecule has 0 bridgehead atoms. The van der Waals surface area contributed by atoms with Crippen LogP contribution in [0.4, 0.5) is 5.69 Å². The van der Waals surface area contributed by atoms with Crippen LogP contribution in [0.5, 0.6) is 0 Å². The fraction of sp³-hybridized carbons (Fsp3) is 0.152. The van der Waals surface area contributed by atoms with Gasteiger partial charge < -0.3 is 5.73 Å². The normalized spacial score (nSPS) is 15.3. The predicted molar refractivity (Wildman–Crippen MR) is 187 cm³/mol. The number of sulfonamides is 1. The summed E-state index contributed by atoms with van der Waals surface area (Å²) >= 11 is 10.6. The maximum absolute atomic E-state index is 14.7. The first-order valence-electron chi connectivity index (χ1n) is 14.6. The quantitative estimate of drug-likeness (QED) is 0.220. The van der Waals surface area contributed by atoms with Gasteiger partial charge in [-0.3, -0.25) is 14.5 Å². The van der Waals surface area contributed by atoms with E-state index in [0.29, 0.717) is 37.5 Å². The Hall–Kier alpha value is -4.89. The molecule has 0 aliphatic carbocycles. The predicted octanol–water partition coefficient (Wildman–Crippen LogP) is 3.87. The second-order valence-electron chi connectivity index (χ2n) is 10.9. The number of tetrazole rings is 1. The summed E-state index contributed by atoms with van der Waals surface area (Å²) in [6.45, 7) is -0.280. The van der Waals surface area contributed by atoms with Crippen molar-refractivity contribution in [1.82, 2.24) is 24.5 Å². The molecule has 2 N–H and O–H groups in total. The van der Waals surface area contributed by atoms with Gasteiger partial charge in [-0.05, 0) is 39.8 Å². The lowest BCUT2D eigenvalue weighted by molar-refractivity contribution is -0.134. The summed E-state index contributed by atoms with van der Waals surface area (Å²) in [6, 6.07) is 29.6. The zero-order chi connectivity index (χ0) is 34.0. The Morgan fingerprint density at radius 3 is 2.21 bits per heavy atom. The lowest BCUT2D eigenvalue weighted by Gasteiger charge is -2.31. The van der Waals surface area contributed by atoms with Gasteiger partial charge in [0.15, 0.2) is 5.82 Å². The molecule has 0 radical (unpaired) electrons. The smallest absolute Gasteiger partial charge is 0.275 e. The molecule has 2 unspecified atom stereocenters. The summed E-state index contributed by atoms with van der Waals surface area (Å²) in [7, 11) is -4.40. The number of benzodiazepines with no additional fused rings is 1. The number of aromatic nitrogens is 4. The van der Waals surface area contributed by atoms with Crippen LogP contribution < -0.4 is 10.6 Å². The number of nitrogens with zero attached hydrogens (tertiary/aromatic N) is 7. The molecule has 2 heterocycles. The van der Waals surface area contributed by atoms with Crippen LogP contribution in [0.3, 0.4) is 0 Å². The lowest BCUT2D eigenvalue weighted by Crippen LogP contribution is -2.56. The van der Waals surface area contributed by atoms with E-state index in [1.165, 1.54) is 9.58 Å². The first kappa shape index (κ1) is 33.0. The van der Waals surface area contributed by atoms with Crippen molar-refractivity contribution in [3.63, 3.8) is 0 Å². The minimum absolute atomic E-state index is 0.171. The molecule has 0 fully saturated rings. The number of aliphatic imine (C=N–C) groups is 1. The van der Waals surface area contributed by atoms with E-state index in [0.717, 1.165) is 17.4 Å². The van der Waals surface area contributed by atoms with Crippen LogP contribution in [0.25, 0.3) is 22.5 Å². The maximum Gasteiger partial charge on any atom is 0.275 e. The summed E-state index contributed by atoms with van der Waals surface area (Å²) in [6.07, 6.45) is -1.06. The van der Waals surface area contributed by atoms with Gasteiger partial charge in [0.2, 0.25) is 16.2 Å². The number of fused-ring (bicyclic) bond motifs is 1. The molecule has 1 aromatic heterocycles. The van der Waals surface area contributed by atoms with E-state index in [4.69, 9.17) is 17.3 Å². The highest BCUT2D eigenvalue weighted by Crippen LogP contribution is 2.35. The molecule has 0 saturated heterocycles. The van der Waals surface area contributed by atoms with E-state index in [-0.39, 0.29) is 18.1 Å². The van der Waals surface area contributed by atoms with Gasteiger partial charge in [-0.25, -0.2) is 22.4 Å². The van der Waals surface area contributed by atoms with Crippen molar-refractivity contribution in [2.45, 2.75) is 18.9 Å². The van der Waals surface area contributed by atoms with Gasteiger partial charge >= 0.3 is 0 Å². The Bertz CT molecular complexity index is 2130. The van der Waals surface area contributed by atoms with Crippen LogP contribution >= 0.6 is 24.2 Å². The highest BCUT2D eigenvalue weighted by atomic mass is 35.5. The molecule has 1 aliphatic heterocycles. The van der Waals surface area contributed by atoms with E-state index in [1.807, 2.05) is 54.6 Å². The second kappa shape index (κ2) is 13.7. The zero-order valence-corrected chi connectivity index (χ0v) is 27.9. The van der Waals surface area contributed by atoms with Crippen molar-refractivity contribution in [2.75, 3.05) is 16.9 Å². The molecule has 5 aromatic rings. The molecule has 48 heavy (non-hydrogen) atoms. The van der Waals surface area contributed by atoms with Crippen LogP contribution in [0.1, 0.15) is 11.1 Å². The van der Waals surface area contributed by atoms with Gasteiger partial charge in [-0.1, -0.05) is 96.5 Å². The first-order chi connectivity index (χ1) is 23.1. The SMILES string of the molecule is CS(=O)(=O)N(C(=O)C(N)CS)C1N=C(c2ccccc2)c2cc(Cl)ccc2N(Cn2nnnc2-c2ccccc2-c2ccccc2)C1=O. The molecule has 4 aromatic carbocycles. The molecular formula is C33H29ClN8O4S2. The maximum atomic E-state index is 14.7. The number of benzene rings is 4. The zero-order valence-electron chi connectivity index (χ0n) is 25.5. The van der Waals surface area contributed by atoms with Crippen LogP contribution in [-0.2, 0) is 26.3 Å². The van der Waals surface area contributed by atoms with Crippen molar-refractivity contribution < 1.29 is 18.0 Å². The van der Waals surface area contributed by atoms with Gasteiger partial charge in [0.05, 0.1) is 23.7 Å². The van der Waals surface area contributed by atoms with Gasteiger partial charge in [-0.15, -0.1) is 5.10 Å². The fourth-order valence-corrected chi connectivity index (χ4v) is 6.73. The Morgan fingerprint density at radius 1 is 0.938 bits per heavy atom. The average Bonchev–Trinajstić information content (AvgIpc) is 3.52. The van der Waals surface area contributed by atoms with Crippen molar-refractivity contribution in [3.8, 4) is 22.5 Å². The van der Waals surface area contributed by atoms with Crippen LogP contribution in [0, 0.1) is 0 Å². The van der Waals surface area contributed by atoms with E-state index in [2.05, 4.69) is 33.1 Å². The number of hydrogen-bond acceptors (Lipinski definition) is 10. The minimum Gasteiger partial charge on any atom is -0.319 e. The molecule has 15 heteroatoms. The number of nitrogens with two attached hydrogens (primary N) is 1. The number of carbonyl (C=O) groups is 2. The summed E-state index contributed by atoms with van der Waals surface area (Å²) in [5, 5.41) is 12.8. The first-order valence-corrected chi connectivity index (χ1v) is 17.5. The van der Waals surface area contributed by atoms with Crippen molar-refractivity contribution in [3.05, 3.63) is 119 Å². The van der Waals surface area contributed by atoms with Crippen molar-refractivity contribution in [2.24, 2.45) is 10.7 Å². The Labute approximate surface area is 287 Å². The molecule has 1 aliphatic rings. The van der Waals surface area contributed by atoms with Gasteiger partial charge in [0, 0.05) is 27.5 Å². The largest absolute Gasteiger partial charge is 0.319 e. The highest BCUT2D eigenvalue weighted by molar-refractivity contribution is 7.89. The summed E-state index contributed by atoms with van der Waals surface area (Å²) in [5.41, 5.74) is 10.0. The molecule has 244 valence electrons. The Morgan fingerprint density at radius 2 is 1.56 bits per heavy atom. The number of rotatable bonds is 9. The van der Waals surface area contributed by atoms with Gasteiger partial charge in [0.1, 0.15) is 6.67 Å². The van der Waals surface area contributed by atoms with E-state index in [1.54, 1.807) is 48.5 Å². The lowest BCUT2D eigenvalue weighted by atomic mass is 9.99. The third-order valence-corrected chi connectivity index (χ3v) is 9.38. The molecule has 12 nitrogen and oxygen atoms in total. The molecule has 0 spiro atoms. The summed E-state index contributed by atoms with van der Waals surface area (Å²) in [5.74, 6) is -1.70. The van der Waals surface area contributed by atoms with Crippen molar-refractivity contribution in [1.29, 1.82) is 0 Å². The number of thiol groups is 1. The number of amides is 2. The van der Waals surface area contributed by atoms with Crippen molar-refractivity contribution >= 4 is 57.5 Å². The summed E-state index contributed by atoms with van der Waals surface area (Å²) < 4.78 is 28.4. The monoisotopic (exact) mass is 700 g/mol. The van der Waals surface area contributed by atoms with E-state index < -0.39 is 34.0 Å². The minimum atomic E-state index is -4.40. The van der Waals surface area contributed by atoms with Crippen LogP contribution in [0.15, 0.2) is 108 Å². The number of halogens is 1. The Balaban J connectivity index is 1.55. The molecule has 2 atom stereocenters. The molecule has 6 rings (SSSR count). The van der Waals surface area contributed by atoms with E-state index in [9.17, 15) is 18.0 Å². The van der Waals surface area contributed by atoms with E-state index >= 15 is 0 Å². The Kier molecular flexibility index (Phi) is 9.42. The fourth-order valence-electron chi connectivity index (χ4n) is 5.44. The number of hydrogen-bond donors (Lipinski definition) is 2. The molecule has 0 saturated carbocycles. The second-order valence-corrected chi connectivity index (χ2v) is 13.5. The average molecular weight is 701 g/mol. The van der Waals surface area contributed by atoms with Crippen LogP contribution in [-0.4, -0.2) is 74.7 Å². The topological polar surface area (TPSA) is 157 Å². The van der Waals surface area contributed by atoms with Gasteiger partial charge in [0.25, 0.3) is 11.8 Å². The molecule has 2 amide bonds. The van der Waals surface area contributed by atoms with Gasteiger partial charge in [-0.2, -0.15) is 12.6 Å². The third-order valence-electron chi connectivity index (χ3n) is 7.66.